The second-order valence-electron chi connectivity index (χ2n) is 8.07. The summed E-state index contributed by atoms with van der Waals surface area (Å²) in [5.41, 5.74) is 2.98. The van der Waals surface area contributed by atoms with Gasteiger partial charge in [0.2, 0.25) is 0 Å². The number of anilines is 1. The van der Waals surface area contributed by atoms with E-state index in [2.05, 4.69) is 5.32 Å². The maximum absolute atomic E-state index is 11.1. The number of hydrogen-bond acceptors (Lipinski definition) is 7. The largest absolute Gasteiger partial charge is 0.478 e. The van der Waals surface area contributed by atoms with Gasteiger partial charge in [-0.1, -0.05) is 35.9 Å². The SMILES string of the molecule is O=C(O)c1cc(Cl)cc(NCCc2ccc(CCN3C[C@H](O)[C@@H](O)[C@H](O)[C@H]3CO)cc2)c1. The first kappa shape index (κ1) is 24.4. The van der Waals surface area contributed by atoms with Crippen LogP contribution < -0.4 is 5.32 Å². The lowest BCUT2D eigenvalue weighted by Gasteiger charge is -2.43. The van der Waals surface area contributed by atoms with Crippen molar-refractivity contribution < 1.29 is 30.3 Å². The Bertz CT molecular complexity index is 910. The fraction of sp³-hybridized carbons (Fsp3) is 0.435. The standard InChI is InChI=1S/C23H29ClN2O6/c24-17-9-16(23(31)32)10-18(11-17)25-7-5-14-1-3-15(4-2-14)6-8-26-12-20(28)22(30)21(29)19(26)13-27/h1-4,9-11,19-22,25,27-30H,5-8,12-13H2,(H,31,32)/t19-,20+,21-,22-/m1/s1. The van der Waals surface area contributed by atoms with E-state index in [1.165, 1.54) is 6.07 Å². The molecule has 6 N–H and O–H groups in total. The summed E-state index contributed by atoms with van der Waals surface area (Å²) in [5, 5.41) is 52.0. The molecule has 174 valence electrons. The Labute approximate surface area is 191 Å². The van der Waals surface area contributed by atoms with Crippen LogP contribution >= 0.6 is 11.6 Å². The molecule has 0 radical (unpaired) electrons. The predicted molar refractivity (Wildman–Crippen MR) is 121 cm³/mol. The molecule has 4 atom stereocenters. The summed E-state index contributed by atoms with van der Waals surface area (Å²) >= 11 is 5.97. The Hall–Kier alpha value is -2.20. The highest BCUT2D eigenvalue weighted by Crippen LogP contribution is 2.21. The fourth-order valence-electron chi connectivity index (χ4n) is 3.95. The van der Waals surface area contributed by atoms with E-state index in [0.717, 1.165) is 17.5 Å². The summed E-state index contributed by atoms with van der Waals surface area (Å²) in [6.45, 7) is 1.05. The normalized spacial score (nSPS) is 23.8. The lowest BCUT2D eigenvalue weighted by molar-refractivity contribution is -0.144. The number of aromatic carboxylic acids is 1. The van der Waals surface area contributed by atoms with Crippen LogP contribution in [0.1, 0.15) is 21.5 Å². The molecule has 0 spiro atoms. The van der Waals surface area contributed by atoms with Crippen molar-refractivity contribution >= 4 is 23.3 Å². The number of aliphatic hydroxyl groups excluding tert-OH is 4. The minimum absolute atomic E-state index is 0.135. The number of β-amino-alcohol motifs (C(OH)–C–C–N with tert-alkyl or cyclic N) is 1. The molecule has 1 aliphatic heterocycles. The molecule has 1 heterocycles. The van der Waals surface area contributed by atoms with Gasteiger partial charge in [-0.15, -0.1) is 0 Å². The summed E-state index contributed by atoms with van der Waals surface area (Å²) in [4.78, 5) is 12.9. The quantitative estimate of drug-likeness (QED) is 0.323. The Morgan fingerprint density at radius 3 is 2.31 bits per heavy atom. The topological polar surface area (TPSA) is 133 Å². The van der Waals surface area contributed by atoms with Crippen LogP contribution in [-0.4, -0.2) is 87.0 Å². The van der Waals surface area contributed by atoms with Crippen LogP contribution in [0.4, 0.5) is 5.69 Å². The van der Waals surface area contributed by atoms with Crippen LogP contribution in [0, 0.1) is 0 Å². The van der Waals surface area contributed by atoms with Crippen LogP contribution in [-0.2, 0) is 12.8 Å². The van der Waals surface area contributed by atoms with Gasteiger partial charge in [-0.2, -0.15) is 0 Å². The van der Waals surface area contributed by atoms with E-state index in [0.29, 0.717) is 30.2 Å². The van der Waals surface area contributed by atoms with Crippen molar-refractivity contribution in [2.45, 2.75) is 37.2 Å². The van der Waals surface area contributed by atoms with Crippen LogP contribution in [0.3, 0.4) is 0 Å². The first-order valence-corrected chi connectivity index (χ1v) is 10.9. The number of halogens is 1. The van der Waals surface area contributed by atoms with Gasteiger partial charge in [0.25, 0.3) is 0 Å². The number of carbonyl (C=O) groups is 1. The molecule has 0 amide bonds. The van der Waals surface area contributed by atoms with Gasteiger partial charge >= 0.3 is 5.97 Å². The zero-order valence-corrected chi connectivity index (χ0v) is 18.3. The Balaban J connectivity index is 1.50. The predicted octanol–water partition coefficient (Wildman–Crippen LogP) is 0.994. The van der Waals surface area contributed by atoms with Crippen LogP contribution in [0.15, 0.2) is 42.5 Å². The first-order valence-electron chi connectivity index (χ1n) is 10.5. The minimum Gasteiger partial charge on any atom is -0.478 e. The number of rotatable bonds is 9. The highest BCUT2D eigenvalue weighted by atomic mass is 35.5. The average Bonchev–Trinajstić information content (AvgIpc) is 2.76. The molecule has 8 nitrogen and oxygen atoms in total. The van der Waals surface area contributed by atoms with Crippen molar-refractivity contribution in [2.24, 2.45) is 0 Å². The summed E-state index contributed by atoms with van der Waals surface area (Å²) in [6, 6.07) is 12.1. The molecule has 3 rings (SSSR count). The average molecular weight is 465 g/mol. The van der Waals surface area contributed by atoms with E-state index < -0.39 is 30.3 Å². The molecule has 0 aliphatic carbocycles. The molecular weight excluding hydrogens is 436 g/mol. The third-order valence-corrected chi connectivity index (χ3v) is 6.03. The molecule has 0 saturated carbocycles. The zero-order chi connectivity index (χ0) is 23.3. The van der Waals surface area contributed by atoms with Crippen molar-refractivity contribution in [3.63, 3.8) is 0 Å². The summed E-state index contributed by atoms with van der Waals surface area (Å²) in [5.74, 6) is -1.03. The molecule has 2 aromatic carbocycles. The molecule has 1 aliphatic rings. The molecule has 1 fully saturated rings. The molecule has 0 bridgehead atoms. The Morgan fingerprint density at radius 1 is 1.03 bits per heavy atom. The third kappa shape index (κ3) is 6.19. The summed E-state index contributed by atoms with van der Waals surface area (Å²) in [6.07, 6.45) is -2.08. The second kappa shape index (κ2) is 11.1. The van der Waals surface area contributed by atoms with Gasteiger partial charge < -0.3 is 30.8 Å². The van der Waals surface area contributed by atoms with Crippen molar-refractivity contribution in [1.29, 1.82) is 0 Å². The van der Waals surface area contributed by atoms with E-state index >= 15 is 0 Å². The van der Waals surface area contributed by atoms with Crippen LogP contribution in [0.25, 0.3) is 0 Å². The van der Waals surface area contributed by atoms with Gasteiger partial charge in [0.15, 0.2) is 0 Å². The number of hydrogen-bond donors (Lipinski definition) is 6. The molecule has 1 saturated heterocycles. The van der Waals surface area contributed by atoms with Gasteiger partial charge in [0, 0.05) is 30.3 Å². The third-order valence-electron chi connectivity index (χ3n) is 5.81. The maximum Gasteiger partial charge on any atom is 0.335 e. The molecule has 0 aromatic heterocycles. The summed E-state index contributed by atoms with van der Waals surface area (Å²) < 4.78 is 0. The van der Waals surface area contributed by atoms with E-state index in [4.69, 9.17) is 16.7 Å². The van der Waals surface area contributed by atoms with E-state index in [-0.39, 0.29) is 18.7 Å². The maximum atomic E-state index is 11.1. The van der Waals surface area contributed by atoms with Crippen molar-refractivity contribution in [3.05, 3.63) is 64.2 Å². The van der Waals surface area contributed by atoms with Crippen molar-refractivity contribution in [2.75, 3.05) is 31.6 Å². The Kier molecular flexibility index (Phi) is 8.47. The number of carboxylic acid groups (broad SMARTS) is 1. The molecule has 32 heavy (non-hydrogen) atoms. The first-order chi connectivity index (χ1) is 15.3. The fourth-order valence-corrected chi connectivity index (χ4v) is 4.18. The number of piperidine rings is 1. The number of likely N-dealkylation sites (tertiary alicyclic amines) is 1. The van der Waals surface area contributed by atoms with Gasteiger partial charge in [-0.05, 0) is 42.2 Å². The van der Waals surface area contributed by atoms with Gasteiger partial charge in [-0.3, -0.25) is 4.90 Å². The second-order valence-corrected chi connectivity index (χ2v) is 8.51. The highest BCUT2D eigenvalue weighted by Gasteiger charge is 2.40. The van der Waals surface area contributed by atoms with E-state index in [1.54, 1.807) is 17.0 Å². The number of aliphatic hydroxyl groups is 4. The lowest BCUT2D eigenvalue weighted by Crippen LogP contribution is -2.62. The van der Waals surface area contributed by atoms with Crippen LogP contribution in [0.5, 0.6) is 0 Å². The van der Waals surface area contributed by atoms with Crippen molar-refractivity contribution in [3.8, 4) is 0 Å². The van der Waals surface area contributed by atoms with Crippen molar-refractivity contribution in [1.82, 2.24) is 4.90 Å². The molecule has 2 aromatic rings. The summed E-state index contributed by atoms with van der Waals surface area (Å²) in [7, 11) is 0. The van der Waals surface area contributed by atoms with Gasteiger partial charge in [-0.25, -0.2) is 4.79 Å². The number of nitrogens with zero attached hydrogens (tertiary/aromatic N) is 1. The van der Waals surface area contributed by atoms with Gasteiger partial charge in [0.05, 0.1) is 24.3 Å². The number of benzene rings is 2. The highest BCUT2D eigenvalue weighted by molar-refractivity contribution is 6.31. The lowest BCUT2D eigenvalue weighted by atomic mass is 9.93. The number of carboxylic acids is 1. The van der Waals surface area contributed by atoms with E-state index in [9.17, 15) is 25.2 Å². The van der Waals surface area contributed by atoms with Crippen LogP contribution in [0.2, 0.25) is 5.02 Å². The zero-order valence-electron chi connectivity index (χ0n) is 17.6. The molecule has 9 heteroatoms. The monoisotopic (exact) mass is 464 g/mol. The molecule has 0 unspecified atom stereocenters. The molecular formula is C23H29ClN2O6. The number of nitrogens with one attached hydrogen (secondary N) is 1. The Morgan fingerprint density at radius 2 is 1.69 bits per heavy atom. The van der Waals surface area contributed by atoms with Gasteiger partial charge in [0.1, 0.15) is 12.2 Å². The minimum atomic E-state index is -1.25. The van der Waals surface area contributed by atoms with E-state index in [1.807, 2.05) is 24.3 Å². The smallest absolute Gasteiger partial charge is 0.335 e.